The topological polar surface area (TPSA) is 59.3 Å². The minimum absolute atomic E-state index is 0.0144. The second-order valence-corrected chi connectivity index (χ2v) is 4.63. The third-order valence-corrected chi connectivity index (χ3v) is 3.08. The van der Waals surface area contributed by atoms with Gasteiger partial charge in [-0.05, 0) is 22.0 Å². The zero-order valence-electron chi connectivity index (χ0n) is 9.35. The number of fused-ring (bicyclic) bond motifs is 1. The summed E-state index contributed by atoms with van der Waals surface area (Å²) in [6, 6.07) is 5.53. The predicted molar refractivity (Wildman–Crippen MR) is 70.4 cm³/mol. The molecule has 6 heteroatoms. The lowest BCUT2D eigenvalue weighted by Gasteiger charge is -2.15. The van der Waals surface area contributed by atoms with Crippen LogP contribution in [-0.4, -0.2) is 24.0 Å². The molecule has 0 bridgehead atoms. The van der Waals surface area contributed by atoms with Gasteiger partial charge in [-0.3, -0.25) is 10.1 Å². The average molecular weight is 296 g/mol. The Labute approximate surface area is 106 Å². The molecule has 5 nitrogen and oxygen atoms in total. The van der Waals surface area contributed by atoms with Crippen LogP contribution in [0.25, 0.3) is 10.9 Å². The zero-order chi connectivity index (χ0) is 12.6. The Kier molecular flexibility index (Phi) is 2.97. The number of hydrogen-bond donors (Lipinski definition) is 0. The lowest BCUT2D eigenvalue weighted by atomic mass is 10.1. The van der Waals surface area contributed by atoms with Crippen molar-refractivity contribution in [2.24, 2.45) is 0 Å². The third-order valence-electron chi connectivity index (χ3n) is 2.44. The number of anilines is 1. The molecule has 0 amide bonds. The normalized spacial score (nSPS) is 10.5. The summed E-state index contributed by atoms with van der Waals surface area (Å²) in [7, 11) is 3.56. The molecular weight excluding hydrogens is 286 g/mol. The van der Waals surface area contributed by atoms with E-state index in [-0.39, 0.29) is 5.69 Å². The molecule has 0 fully saturated rings. The van der Waals surface area contributed by atoms with Crippen LogP contribution in [0.15, 0.2) is 28.9 Å². The monoisotopic (exact) mass is 295 g/mol. The van der Waals surface area contributed by atoms with Crippen LogP contribution in [0.1, 0.15) is 0 Å². The molecule has 2 aromatic rings. The molecule has 0 saturated heterocycles. The van der Waals surface area contributed by atoms with Crippen LogP contribution in [-0.2, 0) is 0 Å². The molecule has 0 aliphatic heterocycles. The van der Waals surface area contributed by atoms with Crippen LogP contribution in [0.2, 0.25) is 0 Å². The maximum atomic E-state index is 11.0. The number of rotatable bonds is 2. The summed E-state index contributed by atoms with van der Waals surface area (Å²) in [6.07, 6.45) is 1.29. The molecule has 1 aromatic heterocycles. The number of nitrogens with zero attached hydrogens (tertiary/aromatic N) is 3. The third kappa shape index (κ3) is 1.95. The SMILES string of the molecule is CN(C)c1c([N+](=O)[O-])cnc2c(Br)cccc12. The van der Waals surface area contributed by atoms with Crippen molar-refractivity contribution in [3.05, 3.63) is 39.0 Å². The zero-order valence-corrected chi connectivity index (χ0v) is 10.9. The molecule has 17 heavy (non-hydrogen) atoms. The molecular formula is C11H10BrN3O2. The van der Waals surface area contributed by atoms with Gasteiger partial charge in [0.05, 0.1) is 10.4 Å². The molecule has 0 aliphatic carbocycles. The fourth-order valence-electron chi connectivity index (χ4n) is 1.77. The number of aromatic nitrogens is 1. The first-order valence-electron chi connectivity index (χ1n) is 4.91. The summed E-state index contributed by atoms with van der Waals surface area (Å²) in [5.74, 6) is 0. The molecule has 0 saturated carbocycles. The van der Waals surface area contributed by atoms with E-state index in [2.05, 4.69) is 20.9 Å². The van der Waals surface area contributed by atoms with Gasteiger partial charge in [-0.15, -0.1) is 0 Å². The molecule has 2 rings (SSSR count). The van der Waals surface area contributed by atoms with E-state index in [1.54, 1.807) is 19.0 Å². The van der Waals surface area contributed by atoms with Gasteiger partial charge in [-0.25, -0.2) is 4.98 Å². The lowest BCUT2D eigenvalue weighted by molar-refractivity contribution is -0.384. The fourth-order valence-corrected chi connectivity index (χ4v) is 2.23. The first-order chi connectivity index (χ1) is 8.02. The number of hydrogen-bond acceptors (Lipinski definition) is 4. The molecule has 0 unspecified atom stereocenters. The molecule has 88 valence electrons. The minimum atomic E-state index is -0.414. The van der Waals surface area contributed by atoms with Crippen LogP contribution in [0.5, 0.6) is 0 Å². The van der Waals surface area contributed by atoms with Crippen LogP contribution >= 0.6 is 15.9 Å². The van der Waals surface area contributed by atoms with E-state index in [9.17, 15) is 10.1 Å². The largest absolute Gasteiger partial charge is 0.372 e. The fraction of sp³-hybridized carbons (Fsp3) is 0.182. The maximum absolute atomic E-state index is 11.0. The summed E-state index contributed by atoms with van der Waals surface area (Å²) in [4.78, 5) is 16.4. The molecule has 0 spiro atoms. The van der Waals surface area contributed by atoms with Gasteiger partial charge in [0.2, 0.25) is 0 Å². The summed E-state index contributed by atoms with van der Waals surface area (Å²) in [5.41, 5.74) is 1.31. The molecule has 1 aromatic carbocycles. The van der Waals surface area contributed by atoms with Gasteiger partial charge in [0.1, 0.15) is 11.9 Å². The second-order valence-electron chi connectivity index (χ2n) is 3.78. The maximum Gasteiger partial charge on any atom is 0.311 e. The van der Waals surface area contributed by atoms with Gasteiger partial charge in [-0.1, -0.05) is 12.1 Å². The summed E-state index contributed by atoms with van der Waals surface area (Å²) < 4.78 is 0.827. The number of benzene rings is 1. The Balaban J connectivity index is 2.89. The van der Waals surface area contributed by atoms with E-state index in [4.69, 9.17) is 0 Å². The van der Waals surface area contributed by atoms with Crippen LogP contribution in [0, 0.1) is 10.1 Å². The van der Waals surface area contributed by atoms with E-state index in [1.807, 2.05) is 18.2 Å². The van der Waals surface area contributed by atoms with Crippen LogP contribution in [0.4, 0.5) is 11.4 Å². The summed E-state index contributed by atoms with van der Waals surface area (Å²) in [5, 5.41) is 11.7. The number of halogens is 1. The highest BCUT2D eigenvalue weighted by Gasteiger charge is 2.20. The van der Waals surface area contributed by atoms with E-state index < -0.39 is 4.92 Å². The van der Waals surface area contributed by atoms with E-state index in [1.165, 1.54) is 6.20 Å². The smallest absolute Gasteiger partial charge is 0.311 e. The van der Waals surface area contributed by atoms with E-state index in [0.29, 0.717) is 5.69 Å². The Morgan fingerprint density at radius 1 is 1.41 bits per heavy atom. The van der Waals surface area contributed by atoms with Gasteiger partial charge < -0.3 is 4.90 Å². The highest BCUT2D eigenvalue weighted by molar-refractivity contribution is 9.10. The van der Waals surface area contributed by atoms with Crippen molar-refractivity contribution in [1.29, 1.82) is 0 Å². The van der Waals surface area contributed by atoms with Gasteiger partial charge in [0.25, 0.3) is 0 Å². The summed E-state index contributed by atoms with van der Waals surface area (Å²) in [6.45, 7) is 0. The quantitative estimate of drug-likeness (QED) is 0.631. The molecule has 0 radical (unpaired) electrons. The summed E-state index contributed by atoms with van der Waals surface area (Å²) >= 11 is 3.39. The second kappa shape index (κ2) is 4.29. The molecule has 1 heterocycles. The average Bonchev–Trinajstić information content (AvgIpc) is 2.27. The van der Waals surface area contributed by atoms with Crippen molar-refractivity contribution in [3.8, 4) is 0 Å². The van der Waals surface area contributed by atoms with Gasteiger partial charge in [0, 0.05) is 24.0 Å². The minimum Gasteiger partial charge on any atom is -0.372 e. The lowest BCUT2D eigenvalue weighted by Crippen LogP contribution is -2.12. The first kappa shape index (κ1) is 11.8. The van der Waals surface area contributed by atoms with Crippen molar-refractivity contribution in [2.45, 2.75) is 0 Å². The Hall–Kier alpha value is -1.69. The Morgan fingerprint density at radius 3 is 2.71 bits per heavy atom. The van der Waals surface area contributed by atoms with E-state index >= 15 is 0 Å². The predicted octanol–water partition coefficient (Wildman–Crippen LogP) is 2.97. The first-order valence-corrected chi connectivity index (χ1v) is 5.70. The van der Waals surface area contributed by atoms with Gasteiger partial charge >= 0.3 is 5.69 Å². The van der Waals surface area contributed by atoms with Crippen LogP contribution < -0.4 is 4.90 Å². The highest BCUT2D eigenvalue weighted by Crippen LogP contribution is 2.35. The van der Waals surface area contributed by atoms with Crippen molar-refractivity contribution < 1.29 is 4.92 Å². The van der Waals surface area contributed by atoms with Gasteiger partial charge in [0.15, 0.2) is 0 Å². The van der Waals surface area contributed by atoms with E-state index in [0.717, 1.165) is 15.4 Å². The number of para-hydroxylation sites is 1. The number of nitro groups is 1. The molecule has 0 atom stereocenters. The molecule has 0 N–H and O–H groups in total. The van der Waals surface area contributed by atoms with Crippen molar-refractivity contribution in [1.82, 2.24) is 4.98 Å². The Bertz CT molecular complexity index is 599. The van der Waals surface area contributed by atoms with Gasteiger partial charge in [-0.2, -0.15) is 0 Å². The van der Waals surface area contributed by atoms with Crippen molar-refractivity contribution in [2.75, 3.05) is 19.0 Å². The van der Waals surface area contributed by atoms with Crippen molar-refractivity contribution >= 4 is 38.2 Å². The Morgan fingerprint density at radius 2 is 2.12 bits per heavy atom. The highest BCUT2D eigenvalue weighted by atomic mass is 79.9. The van der Waals surface area contributed by atoms with Crippen LogP contribution in [0.3, 0.4) is 0 Å². The standard InChI is InChI=1S/C11H10BrN3O2/c1-14(2)11-7-4-3-5-8(12)10(7)13-6-9(11)15(16)17/h3-6H,1-2H3. The molecule has 0 aliphatic rings. The van der Waals surface area contributed by atoms with Crippen molar-refractivity contribution in [3.63, 3.8) is 0 Å². The number of pyridine rings is 1.